The summed E-state index contributed by atoms with van der Waals surface area (Å²) < 4.78 is 0. The Kier molecular flexibility index (Phi) is 3.48. The van der Waals surface area contributed by atoms with E-state index in [1.54, 1.807) is 0 Å². The lowest BCUT2D eigenvalue weighted by Gasteiger charge is -2.37. The third kappa shape index (κ3) is 3.01. The summed E-state index contributed by atoms with van der Waals surface area (Å²) in [4.78, 5) is 12.3. The van der Waals surface area contributed by atoms with Crippen LogP contribution in [0.5, 0.6) is 0 Å². The van der Waals surface area contributed by atoms with Crippen molar-refractivity contribution in [3.63, 3.8) is 0 Å². The van der Waals surface area contributed by atoms with E-state index in [9.17, 15) is 4.79 Å². The van der Waals surface area contributed by atoms with E-state index in [2.05, 4.69) is 24.5 Å². The summed E-state index contributed by atoms with van der Waals surface area (Å²) in [6.07, 6.45) is 6.87. The molecule has 1 aliphatic carbocycles. The highest BCUT2D eigenvalue weighted by Gasteiger charge is 2.38. The van der Waals surface area contributed by atoms with Crippen LogP contribution in [-0.2, 0) is 4.79 Å². The van der Waals surface area contributed by atoms with Crippen LogP contribution in [-0.4, -0.2) is 24.0 Å². The molecule has 3 heteroatoms. The van der Waals surface area contributed by atoms with E-state index < -0.39 is 0 Å². The average molecular weight is 238 g/mol. The summed E-state index contributed by atoms with van der Waals surface area (Å²) in [5.41, 5.74) is 0.0712. The fourth-order valence-electron chi connectivity index (χ4n) is 3.25. The topological polar surface area (TPSA) is 41.1 Å². The molecule has 2 atom stereocenters. The molecule has 0 aromatic heterocycles. The van der Waals surface area contributed by atoms with Gasteiger partial charge in [0.05, 0.1) is 5.54 Å². The fourth-order valence-corrected chi connectivity index (χ4v) is 3.25. The molecule has 98 valence electrons. The smallest absolute Gasteiger partial charge is 0.240 e. The number of hydrogen-bond acceptors (Lipinski definition) is 2. The van der Waals surface area contributed by atoms with Crippen LogP contribution in [0.1, 0.15) is 59.3 Å². The van der Waals surface area contributed by atoms with Gasteiger partial charge in [0.2, 0.25) is 5.91 Å². The number of amides is 1. The van der Waals surface area contributed by atoms with Crippen LogP contribution >= 0.6 is 0 Å². The first-order valence-electron chi connectivity index (χ1n) is 6.97. The van der Waals surface area contributed by atoms with Gasteiger partial charge in [-0.1, -0.05) is 20.3 Å². The largest absolute Gasteiger partial charge is 0.352 e. The molecule has 0 aromatic rings. The molecule has 3 nitrogen and oxygen atoms in total. The van der Waals surface area contributed by atoms with Gasteiger partial charge in [-0.3, -0.25) is 4.79 Å². The molecule has 0 spiro atoms. The van der Waals surface area contributed by atoms with E-state index in [1.807, 2.05) is 6.92 Å². The predicted octanol–water partition coefficient (Wildman–Crippen LogP) is 2.21. The summed E-state index contributed by atoms with van der Waals surface area (Å²) in [6.45, 7) is 7.62. The number of rotatable bonds is 2. The maximum Gasteiger partial charge on any atom is 0.240 e. The van der Waals surface area contributed by atoms with Gasteiger partial charge in [-0.15, -0.1) is 0 Å². The molecule has 2 fully saturated rings. The fraction of sp³-hybridized carbons (Fsp3) is 0.929. The van der Waals surface area contributed by atoms with Crippen molar-refractivity contribution >= 4 is 5.91 Å². The average Bonchev–Trinajstić information content (AvgIpc) is 2.65. The minimum absolute atomic E-state index is 0.206. The Hall–Kier alpha value is -0.570. The van der Waals surface area contributed by atoms with Gasteiger partial charge in [-0.05, 0) is 51.0 Å². The van der Waals surface area contributed by atoms with Crippen LogP contribution in [0.3, 0.4) is 0 Å². The summed E-state index contributed by atoms with van der Waals surface area (Å²) in [6, 6.07) is 0.380. The quantitative estimate of drug-likeness (QED) is 0.774. The first kappa shape index (κ1) is 12.9. The lowest BCUT2D eigenvalue weighted by atomic mass is 9.75. The van der Waals surface area contributed by atoms with E-state index >= 15 is 0 Å². The van der Waals surface area contributed by atoms with E-state index in [4.69, 9.17) is 0 Å². The molecular formula is C14H26N2O. The maximum atomic E-state index is 12.3. The van der Waals surface area contributed by atoms with Crippen LogP contribution in [0.15, 0.2) is 0 Å². The Morgan fingerprint density at radius 1 is 1.24 bits per heavy atom. The highest BCUT2D eigenvalue weighted by Crippen LogP contribution is 2.35. The number of carbonyl (C=O) groups excluding carboxylic acids is 1. The van der Waals surface area contributed by atoms with Gasteiger partial charge in [0, 0.05) is 6.04 Å². The third-order valence-electron chi connectivity index (χ3n) is 4.41. The number of carbonyl (C=O) groups is 1. The standard InChI is InChI=1S/C14H26N2O/c1-13(2)7-4-6-11(10-13)16-12(17)14(3)8-5-9-15-14/h11,15H,4-10H2,1-3H3,(H,16,17). The van der Waals surface area contributed by atoms with Crippen molar-refractivity contribution in [2.45, 2.75) is 70.9 Å². The molecule has 1 amide bonds. The van der Waals surface area contributed by atoms with Crippen LogP contribution in [0, 0.1) is 5.41 Å². The van der Waals surface area contributed by atoms with Gasteiger partial charge in [0.1, 0.15) is 0 Å². The predicted molar refractivity (Wildman–Crippen MR) is 69.8 cm³/mol. The Morgan fingerprint density at radius 2 is 2.00 bits per heavy atom. The molecule has 0 bridgehead atoms. The molecular weight excluding hydrogens is 212 g/mol. The van der Waals surface area contributed by atoms with E-state index in [1.165, 1.54) is 12.8 Å². The Labute approximate surface area is 105 Å². The summed E-state index contributed by atoms with van der Waals surface area (Å²) in [5.74, 6) is 0.206. The Balaban J connectivity index is 1.90. The lowest BCUT2D eigenvalue weighted by Crippen LogP contribution is -2.54. The Bertz CT molecular complexity index is 293. The number of nitrogens with one attached hydrogen (secondary N) is 2. The molecule has 1 saturated heterocycles. The van der Waals surface area contributed by atoms with Gasteiger partial charge in [0.25, 0.3) is 0 Å². The second kappa shape index (κ2) is 4.60. The second-order valence-electron chi connectivity index (χ2n) is 6.79. The van der Waals surface area contributed by atoms with Crippen LogP contribution < -0.4 is 10.6 Å². The first-order valence-corrected chi connectivity index (χ1v) is 6.97. The molecule has 2 N–H and O–H groups in total. The summed E-state index contributed by atoms with van der Waals surface area (Å²) >= 11 is 0. The summed E-state index contributed by atoms with van der Waals surface area (Å²) in [7, 11) is 0. The lowest BCUT2D eigenvalue weighted by molar-refractivity contribution is -0.127. The van der Waals surface area contributed by atoms with Crippen LogP contribution in [0.25, 0.3) is 0 Å². The Morgan fingerprint density at radius 3 is 2.59 bits per heavy atom. The van der Waals surface area contributed by atoms with Crippen LogP contribution in [0.2, 0.25) is 0 Å². The molecule has 0 aromatic carbocycles. The maximum absolute atomic E-state index is 12.3. The molecule has 1 saturated carbocycles. The van der Waals surface area contributed by atoms with Crippen molar-refractivity contribution in [3.8, 4) is 0 Å². The first-order chi connectivity index (χ1) is 7.91. The van der Waals surface area contributed by atoms with Gasteiger partial charge in [-0.25, -0.2) is 0 Å². The highest BCUT2D eigenvalue weighted by molar-refractivity contribution is 5.86. The van der Waals surface area contributed by atoms with E-state index in [0.29, 0.717) is 11.5 Å². The van der Waals surface area contributed by atoms with Crippen molar-refractivity contribution in [3.05, 3.63) is 0 Å². The zero-order valence-electron chi connectivity index (χ0n) is 11.4. The molecule has 1 aliphatic heterocycles. The molecule has 0 radical (unpaired) electrons. The van der Waals surface area contributed by atoms with Crippen molar-refractivity contribution in [1.29, 1.82) is 0 Å². The van der Waals surface area contributed by atoms with E-state index in [-0.39, 0.29) is 11.4 Å². The number of hydrogen-bond donors (Lipinski definition) is 2. The van der Waals surface area contributed by atoms with Gasteiger partial charge >= 0.3 is 0 Å². The van der Waals surface area contributed by atoms with Crippen molar-refractivity contribution in [2.24, 2.45) is 5.41 Å². The summed E-state index contributed by atoms with van der Waals surface area (Å²) in [5, 5.41) is 6.59. The third-order valence-corrected chi connectivity index (χ3v) is 4.41. The minimum atomic E-state index is -0.318. The van der Waals surface area contributed by atoms with Crippen molar-refractivity contribution in [2.75, 3.05) is 6.54 Å². The van der Waals surface area contributed by atoms with Gasteiger partial charge in [0.15, 0.2) is 0 Å². The van der Waals surface area contributed by atoms with Gasteiger partial charge in [-0.2, -0.15) is 0 Å². The van der Waals surface area contributed by atoms with E-state index in [0.717, 1.165) is 32.2 Å². The second-order valence-corrected chi connectivity index (χ2v) is 6.79. The highest BCUT2D eigenvalue weighted by atomic mass is 16.2. The zero-order valence-corrected chi connectivity index (χ0v) is 11.4. The zero-order chi connectivity index (χ0) is 12.5. The molecule has 1 heterocycles. The minimum Gasteiger partial charge on any atom is -0.352 e. The normalized spacial score (nSPS) is 36.8. The molecule has 2 aliphatic rings. The van der Waals surface area contributed by atoms with Gasteiger partial charge < -0.3 is 10.6 Å². The van der Waals surface area contributed by atoms with Crippen molar-refractivity contribution < 1.29 is 4.79 Å². The monoisotopic (exact) mass is 238 g/mol. The van der Waals surface area contributed by atoms with Crippen LogP contribution in [0.4, 0.5) is 0 Å². The molecule has 2 unspecified atom stereocenters. The van der Waals surface area contributed by atoms with Crippen molar-refractivity contribution in [1.82, 2.24) is 10.6 Å². The molecule has 2 rings (SSSR count). The SMILES string of the molecule is CC1(C)CCCC(NC(=O)C2(C)CCCN2)C1. The molecule has 17 heavy (non-hydrogen) atoms.